The second kappa shape index (κ2) is 3.20. The van der Waals surface area contributed by atoms with Crippen LogP contribution in [0.5, 0.6) is 0 Å². The Balaban J connectivity index is 2.42. The highest BCUT2D eigenvalue weighted by Crippen LogP contribution is 2.64. The first-order valence-electron chi connectivity index (χ1n) is 4.97. The second-order valence-electron chi connectivity index (χ2n) is 4.44. The maximum absolute atomic E-state index is 14.1. The molecule has 0 aromatic heterocycles. The third-order valence-corrected chi connectivity index (χ3v) is 3.45. The van der Waals surface area contributed by atoms with Gasteiger partial charge in [-0.2, -0.15) is 0 Å². The first-order chi connectivity index (χ1) is 7.63. The predicted octanol–water partition coefficient (Wildman–Crippen LogP) is 2.65. The average molecular weight is 256 g/mol. The minimum absolute atomic E-state index is 0.404. The smallest absolute Gasteiger partial charge is 0.309 e. The van der Waals surface area contributed by atoms with Gasteiger partial charge in [-0.05, 0) is 6.42 Å². The second-order valence-corrected chi connectivity index (χ2v) is 4.44. The molecule has 2 aliphatic carbocycles. The summed E-state index contributed by atoms with van der Waals surface area (Å²) in [5.41, 5.74) is -4.10. The SMILES string of the molecule is O=C(O)CC(F)(F)C1(F)C2C=CC(C2)C1(F)F. The molecule has 1 saturated carbocycles. The maximum atomic E-state index is 14.1. The van der Waals surface area contributed by atoms with Crippen molar-refractivity contribution in [1.82, 2.24) is 0 Å². The van der Waals surface area contributed by atoms with Crippen LogP contribution in [0.15, 0.2) is 12.2 Å². The van der Waals surface area contributed by atoms with E-state index in [4.69, 9.17) is 5.11 Å². The summed E-state index contributed by atoms with van der Waals surface area (Å²) in [5.74, 6) is -14.0. The highest BCUT2D eigenvalue weighted by atomic mass is 19.3. The standard InChI is InChI=1S/C10H9F5O2/c11-8(12,4-7(16)17)9(13)5-1-2-6(3-5)10(9,14)15/h1-2,5-6H,3-4H2,(H,16,17). The van der Waals surface area contributed by atoms with Gasteiger partial charge in [0.1, 0.15) is 6.42 Å². The van der Waals surface area contributed by atoms with Gasteiger partial charge >= 0.3 is 5.97 Å². The Morgan fingerprint density at radius 3 is 2.24 bits per heavy atom. The number of fused-ring (bicyclic) bond motifs is 2. The van der Waals surface area contributed by atoms with Crippen molar-refractivity contribution >= 4 is 5.97 Å². The fraction of sp³-hybridized carbons (Fsp3) is 0.700. The van der Waals surface area contributed by atoms with Crippen LogP contribution in [0, 0.1) is 11.8 Å². The van der Waals surface area contributed by atoms with E-state index in [1.165, 1.54) is 0 Å². The molecule has 0 spiro atoms. The first-order valence-corrected chi connectivity index (χ1v) is 4.97. The number of hydrogen-bond donors (Lipinski definition) is 1. The summed E-state index contributed by atoms with van der Waals surface area (Å²) in [7, 11) is 0. The maximum Gasteiger partial charge on any atom is 0.309 e. The van der Waals surface area contributed by atoms with E-state index >= 15 is 0 Å². The van der Waals surface area contributed by atoms with E-state index in [9.17, 15) is 26.7 Å². The average Bonchev–Trinajstić information content (AvgIpc) is 2.67. The summed E-state index contributed by atoms with van der Waals surface area (Å²) in [6.07, 6.45) is -0.341. The minimum atomic E-state index is -4.59. The van der Waals surface area contributed by atoms with Crippen LogP contribution in [-0.4, -0.2) is 28.6 Å². The van der Waals surface area contributed by atoms with Crippen LogP contribution >= 0.6 is 0 Å². The molecule has 0 aliphatic heterocycles. The van der Waals surface area contributed by atoms with Crippen molar-refractivity contribution < 1.29 is 31.9 Å². The largest absolute Gasteiger partial charge is 0.481 e. The van der Waals surface area contributed by atoms with Crippen LogP contribution in [0.2, 0.25) is 0 Å². The van der Waals surface area contributed by atoms with E-state index in [1.54, 1.807) is 0 Å². The van der Waals surface area contributed by atoms with E-state index < -0.39 is 48.2 Å². The minimum Gasteiger partial charge on any atom is -0.481 e. The Morgan fingerprint density at radius 2 is 1.82 bits per heavy atom. The molecule has 0 saturated heterocycles. The van der Waals surface area contributed by atoms with Crippen LogP contribution in [-0.2, 0) is 4.79 Å². The normalized spacial score (nSPS) is 38.6. The summed E-state index contributed by atoms with van der Waals surface area (Å²) in [4.78, 5) is 10.2. The zero-order chi connectivity index (χ0) is 13.1. The van der Waals surface area contributed by atoms with Crippen molar-refractivity contribution in [2.75, 3.05) is 0 Å². The summed E-state index contributed by atoms with van der Waals surface area (Å²) in [6, 6.07) is 0. The molecule has 1 N–H and O–H groups in total. The van der Waals surface area contributed by atoms with Crippen molar-refractivity contribution in [3.05, 3.63) is 12.2 Å². The van der Waals surface area contributed by atoms with Crippen molar-refractivity contribution in [1.29, 1.82) is 0 Å². The van der Waals surface area contributed by atoms with Crippen LogP contribution < -0.4 is 0 Å². The summed E-state index contributed by atoms with van der Waals surface area (Å²) < 4.78 is 68.1. The van der Waals surface area contributed by atoms with Crippen molar-refractivity contribution in [3.63, 3.8) is 0 Å². The topological polar surface area (TPSA) is 37.3 Å². The number of hydrogen-bond acceptors (Lipinski definition) is 1. The van der Waals surface area contributed by atoms with E-state index in [0.717, 1.165) is 12.2 Å². The Bertz CT molecular complexity index is 392. The number of halogens is 5. The fourth-order valence-electron chi connectivity index (χ4n) is 2.61. The lowest BCUT2D eigenvalue weighted by atomic mass is 9.80. The zero-order valence-electron chi connectivity index (χ0n) is 8.47. The Morgan fingerprint density at radius 1 is 1.29 bits per heavy atom. The lowest BCUT2D eigenvalue weighted by Gasteiger charge is -2.39. The van der Waals surface area contributed by atoms with Gasteiger partial charge in [0, 0.05) is 11.8 Å². The molecule has 2 aliphatic rings. The number of allylic oxidation sites excluding steroid dienone is 2. The molecule has 0 amide bonds. The third kappa shape index (κ3) is 1.34. The molecule has 0 heterocycles. The fourth-order valence-corrected chi connectivity index (χ4v) is 2.61. The molecule has 1 fully saturated rings. The summed E-state index contributed by atoms with van der Waals surface area (Å²) in [5, 5.41) is 8.25. The third-order valence-electron chi connectivity index (χ3n) is 3.45. The molecule has 2 nitrogen and oxygen atoms in total. The molecule has 7 heteroatoms. The molecule has 2 rings (SSSR count). The van der Waals surface area contributed by atoms with Gasteiger partial charge < -0.3 is 5.11 Å². The van der Waals surface area contributed by atoms with E-state index in [2.05, 4.69) is 0 Å². The van der Waals surface area contributed by atoms with Gasteiger partial charge in [0.05, 0.1) is 0 Å². The monoisotopic (exact) mass is 256 g/mol. The van der Waals surface area contributed by atoms with Gasteiger partial charge in [-0.25, -0.2) is 22.0 Å². The number of carboxylic acid groups (broad SMARTS) is 1. The molecule has 96 valence electrons. The number of carboxylic acids is 1. The predicted molar refractivity (Wildman–Crippen MR) is 46.7 cm³/mol. The number of alkyl halides is 5. The van der Waals surface area contributed by atoms with E-state index in [1.807, 2.05) is 0 Å². The lowest BCUT2D eigenvalue weighted by Crippen LogP contribution is -2.60. The van der Waals surface area contributed by atoms with Crippen molar-refractivity contribution in [3.8, 4) is 0 Å². The summed E-state index contributed by atoms with van der Waals surface area (Å²) in [6.45, 7) is 0. The number of aliphatic carboxylic acids is 1. The number of carbonyl (C=O) groups is 1. The van der Waals surface area contributed by atoms with Crippen LogP contribution in [0.1, 0.15) is 12.8 Å². The molecular formula is C10H9F5O2. The molecule has 17 heavy (non-hydrogen) atoms. The highest BCUT2D eigenvalue weighted by molar-refractivity contribution is 5.68. The van der Waals surface area contributed by atoms with Crippen LogP contribution in [0.25, 0.3) is 0 Å². The summed E-state index contributed by atoms with van der Waals surface area (Å²) >= 11 is 0. The molecule has 0 aromatic carbocycles. The first kappa shape index (κ1) is 12.3. The highest BCUT2D eigenvalue weighted by Gasteiger charge is 2.79. The molecular weight excluding hydrogens is 247 g/mol. The van der Waals surface area contributed by atoms with Gasteiger partial charge in [-0.1, -0.05) is 12.2 Å². The molecule has 3 unspecified atom stereocenters. The van der Waals surface area contributed by atoms with E-state index in [-0.39, 0.29) is 0 Å². The lowest BCUT2D eigenvalue weighted by molar-refractivity contribution is -0.253. The van der Waals surface area contributed by atoms with Gasteiger partial charge in [0.25, 0.3) is 11.8 Å². The van der Waals surface area contributed by atoms with E-state index in [0.29, 0.717) is 0 Å². The molecule has 0 aromatic rings. The Hall–Kier alpha value is -1.14. The van der Waals surface area contributed by atoms with Gasteiger partial charge in [0.15, 0.2) is 0 Å². The molecule has 0 radical (unpaired) electrons. The van der Waals surface area contributed by atoms with Gasteiger partial charge in [-0.15, -0.1) is 0 Å². The van der Waals surface area contributed by atoms with Crippen LogP contribution in [0.3, 0.4) is 0 Å². The Labute approximate surface area is 93.1 Å². The zero-order valence-corrected chi connectivity index (χ0v) is 8.47. The quantitative estimate of drug-likeness (QED) is 0.622. The van der Waals surface area contributed by atoms with Crippen molar-refractivity contribution in [2.24, 2.45) is 11.8 Å². The molecule has 3 atom stereocenters. The Kier molecular flexibility index (Phi) is 2.32. The van der Waals surface area contributed by atoms with Crippen LogP contribution in [0.4, 0.5) is 22.0 Å². The van der Waals surface area contributed by atoms with Gasteiger partial charge in [0.2, 0.25) is 5.67 Å². The van der Waals surface area contributed by atoms with Gasteiger partial charge in [-0.3, -0.25) is 4.79 Å². The van der Waals surface area contributed by atoms with Crippen molar-refractivity contribution in [2.45, 2.75) is 30.4 Å². The molecule has 2 bridgehead atoms. The number of rotatable bonds is 3.